The predicted molar refractivity (Wildman–Crippen MR) is 159 cm³/mol. The molecule has 3 aromatic rings. The van der Waals surface area contributed by atoms with Crippen LogP contribution >= 0.6 is 50.9 Å². The Balaban J connectivity index is 1.85. The van der Waals surface area contributed by atoms with E-state index in [1.54, 1.807) is 11.0 Å². The first-order valence-corrected chi connectivity index (χ1v) is 14.9. The lowest BCUT2D eigenvalue weighted by Gasteiger charge is -2.32. The van der Waals surface area contributed by atoms with Crippen molar-refractivity contribution in [2.75, 3.05) is 5.75 Å². The van der Waals surface area contributed by atoms with Gasteiger partial charge in [-0.25, -0.2) is 0 Å². The van der Waals surface area contributed by atoms with E-state index in [2.05, 4.69) is 21.2 Å². The molecule has 196 valence electrons. The van der Waals surface area contributed by atoms with E-state index < -0.39 is 6.04 Å². The Morgan fingerprint density at radius 1 is 0.946 bits per heavy atom. The van der Waals surface area contributed by atoms with Crippen LogP contribution in [0.1, 0.15) is 37.0 Å². The molecule has 3 rings (SSSR count). The van der Waals surface area contributed by atoms with Crippen LogP contribution in [-0.4, -0.2) is 34.6 Å². The standard InChI is InChI=1S/C29H31BrCl2N2O2S/c1-3-20(2)33-29(36)27(16-21-8-5-4-6-9-21)34(17-22-10-7-11-24(30)14-22)28(35)19-37-18-23-12-13-25(31)26(32)15-23/h4-15,20,27H,3,16-19H2,1-2H3,(H,33,36). The quantitative estimate of drug-likeness (QED) is 0.227. The van der Waals surface area contributed by atoms with Gasteiger partial charge < -0.3 is 10.2 Å². The highest BCUT2D eigenvalue weighted by atomic mass is 79.9. The second kappa shape index (κ2) is 14.8. The van der Waals surface area contributed by atoms with E-state index in [0.29, 0.717) is 28.8 Å². The second-order valence-electron chi connectivity index (χ2n) is 8.92. The summed E-state index contributed by atoms with van der Waals surface area (Å²) in [6, 6.07) is 22.5. The average molecular weight is 622 g/mol. The van der Waals surface area contributed by atoms with Crippen molar-refractivity contribution < 1.29 is 9.59 Å². The number of rotatable bonds is 12. The number of thioether (sulfide) groups is 1. The zero-order valence-corrected chi connectivity index (χ0v) is 24.8. The van der Waals surface area contributed by atoms with Crippen LogP contribution in [0, 0.1) is 0 Å². The van der Waals surface area contributed by atoms with E-state index in [4.69, 9.17) is 23.2 Å². The third-order valence-corrected chi connectivity index (χ3v) is 8.21. The minimum atomic E-state index is -0.645. The first kappa shape index (κ1) is 29.6. The molecule has 2 amide bonds. The fourth-order valence-electron chi connectivity index (χ4n) is 3.80. The van der Waals surface area contributed by atoms with Gasteiger partial charge in [-0.2, -0.15) is 0 Å². The molecule has 0 aromatic heterocycles. The highest BCUT2D eigenvalue weighted by Crippen LogP contribution is 2.25. The Labute approximate surface area is 242 Å². The van der Waals surface area contributed by atoms with Crippen molar-refractivity contribution >= 4 is 62.7 Å². The molecule has 8 heteroatoms. The molecule has 0 aliphatic carbocycles. The third-order valence-electron chi connectivity index (χ3n) is 5.99. The molecule has 0 saturated heterocycles. The highest BCUT2D eigenvalue weighted by molar-refractivity contribution is 9.10. The molecule has 0 heterocycles. The summed E-state index contributed by atoms with van der Waals surface area (Å²) in [5.74, 6) is 0.604. The van der Waals surface area contributed by atoms with Crippen LogP contribution in [-0.2, 0) is 28.3 Å². The van der Waals surface area contributed by atoms with E-state index in [0.717, 1.165) is 27.6 Å². The van der Waals surface area contributed by atoms with Gasteiger partial charge in [0.05, 0.1) is 15.8 Å². The van der Waals surface area contributed by atoms with Crippen LogP contribution in [0.4, 0.5) is 0 Å². The minimum absolute atomic E-state index is 0.0117. The van der Waals surface area contributed by atoms with Gasteiger partial charge in [0.1, 0.15) is 6.04 Å². The molecule has 0 radical (unpaired) electrons. The fourth-order valence-corrected chi connectivity index (χ4v) is 5.42. The Hall–Kier alpha value is -1.99. The molecular weight excluding hydrogens is 591 g/mol. The maximum Gasteiger partial charge on any atom is 0.243 e. The molecule has 0 bridgehead atoms. The number of halogens is 3. The first-order valence-electron chi connectivity index (χ1n) is 12.2. The maximum absolute atomic E-state index is 13.7. The maximum atomic E-state index is 13.7. The van der Waals surface area contributed by atoms with Crippen LogP contribution in [0.5, 0.6) is 0 Å². The largest absolute Gasteiger partial charge is 0.352 e. The lowest BCUT2D eigenvalue weighted by Crippen LogP contribution is -2.52. The zero-order chi connectivity index (χ0) is 26.8. The van der Waals surface area contributed by atoms with Gasteiger partial charge in [-0.15, -0.1) is 11.8 Å². The van der Waals surface area contributed by atoms with Gasteiger partial charge in [0, 0.05) is 29.2 Å². The number of hydrogen-bond donors (Lipinski definition) is 1. The molecule has 0 aliphatic heterocycles. The van der Waals surface area contributed by atoms with Crippen LogP contribution in [0.3, 0.4) is 0 Å². The fraction of sp³-hybridized carbons (Fsp3) is 0.310. The SMILES string of the molecule is CCC(C)NC(=O)C(Cc1ccccc1)N(Cc1cccc(Br)c1)C(=O)CSCc1ccc(Cl)c(Cl)c1. The monoisotopic (exact) mass is 620 g/mol. The number of amides is 2. The van der Waals surface area contributed by atoms with Gasteiger partial charge >= 0.3 is 0 Å². The molecule has 0 aliphatic rings. The van der Waals surface area contributed by atoms with Crippen molar-refractivity contribution in [3.8, 4) is 0 Å². The molecule has 3 aromatic carbocycles. The van der Waals surface area contributed by atoms with Crippen LogP contribution in [0.15, 0.2) is 77.3 Å². The summed E-state index contributed by atoms with van der Waals surface area (Å²) in [7, 11) is 0. The number of nitrogens with one attached hydrogen (secondary N) is 1. The highest BCUT2D eigenvalue weighted by Gasteiger charge is 2.31. The van der Waals surface area contributed by atoms with Crippen LogP contribution in [0.2, 0.25) is 10.0 Å². The van der Waals surface area contributed by atoms with E-state index in [9.17, 15) is 9.59 Å². The van der Waals surface area contributed by atoms with E-state index >= 15 is 0 Å². The summed E-state index contributed by atoms with van der Waals surface area (Å²) >= 11 is 17.2. The van der Waals surface area contributed by atoms with Gasteiger partial charge in [-0.3, -0.25) is 9.59 Å². The molecule has 0 spiro atoms. The zero-order valence-electron chi connectivity index (χ0n) is 20.9. The molecule has 0 fully saturated rings. The number of benzene rings is 3. The van der Waals surface area contributed by atoms with E-state index in [1.807, 2.05) is 80.6 Å². The van der Waals surface area contributed by atoms with Gasteiger partial charge in [-0.1, -0.05) is 94.6 Å². The molecule has 1 N–H and O–H groups in total. The van der Waals surface area contributed by atoms with Crippen molar-refractivity contribution in [1.82, 2.24) is 10.2 Å². The lowest BCUT2D eigenvalue weighted by atomic mass is 10.0. The summed E-state index contributed by atoms with van der Waals surface area (Å²) in [5.41, 5.74) is 2.94. The number of carbonyl (C=O) groups is 2. The van der Waals surface area contributed by atoms with Gasteiger partial charge in [-0.05, 0) is 54.3 Å². The average Bonchev–Trinajstić information content (AvgIpc) is 2.88. The van der Waals surface area contributed by atoms with Crippen molar-refractivity contribution in [1.29, 1.82) is 0 Å². The minimum Gasteiger partial charge on any atom is -0.352 e. The van der Waals surface area contributed by atoms with E-state index in [1.165, 1.54) is 11.8 Å². The number of carbonyl (C=O) groups excluding carboxylic acids is 2. The molecule has 4 nitrogen and oxygen atoms in total. The summed E-state index contributed by atoms with van der Waals surface area (Å²) in [6.07, 6.45) is 1.24. The van der Waals surface area contributed by atoms with Crippen molar-refractivity contribution in [3.63, 3.8) is 0 Å². The third kappa shape index (κ3) is 9.36. The number of hydrogen-bond acceptors (Lipinski definition) is 3. The molecule has 37 heavy (non-hydrogen) atoms. The Morgan fingerprint density at radius 3 is 2.35 bits per heavy atom. The summed E-state index contributed by atoms with van der Waals surface area (Å²) < 4.78 is 0.926. The van der Waals surface area contributed by atoms with Gasteiger partial charge in [0.25, 0.3) is 0 Å². The predicted octanol–water partition coefficient (Wildman–Crippen LogP) is 7.54. The Morgan fingerprint density at radius 2 is 1.68 bits per heavy atom. The Bertz CT molecular complexity index is 1200. The van der Waals surface area contributed by atoms with Crippen LogP contribution in [0.25, 0.3) is 0 Å². The first-order chi connectivity index (χ1) is 17.8. The van der Waals surface area contributed by atoms with Crippen LogP contribution < -0.4 is 5.32 Å². The Kier molecular flexibility index (Phi) is 11.8. The smallest absolute Gasteiger partial charge is 0.243 e. The number of nitrogens with zero attached hydrogens (tertiary/aromatic N) is 1. The normalized spacial score (nSPS) is 12.6. The topological polar surface area (TPSA) is 49.4 Å². The summed E-state index contributed by atoms with van der Waals surface area (Å²) in [4.78, 5) is 29.0. The van der Waals surface area contributed by atoms with Gasteiger partial charge in [0.2, 0.25) is 11.8 Å². The molecule has 2 unspecified atom stereocenters. The van der Waals surface area contributed by atoms with Crippen molar-refractivity contribution in [3.05, 3.63) is 104 Å². The molecular formula is C29H31BrCl2N2O2S. The van der Waals surface area contributed by atoms with E-state index in [-0.39, 0.29) is 23.6 Å². The molecule has 2 atom stereocenters. The molecule has 0 saturated carbocycles. The second-order valence-corrected chi connectivity index (χ2v) is 11.6. The van der Waals surface area contributed by atoms with Crippen molar-refractivity contribution in [2.24, 2.45) is 0 Å². The summed E-state index contributed by atoms with van der Waals surface area (Å²) in [5, 5.41) is 4.09. The summed E-state index contributed by atoms with van der Waals surface area (Å²) in [6.45, 7) is 4.34. The van der Waals surface area contributed by atoms with Crippen molar-refractivity contribution in [2.45, 2.75) is 51.1 Å². The lowest BCUT2D eigenvalue weighted by molar-refractivity contribution is -0.139. The van der Waals surface area contributed by atoms with Gasteiger partial charge in [0.15, 0.2) is 0 Å².